The van der Waals surface area contributed by atoms with E-state index in [-0.39, 0.29) is 18.3 Å². The summed E-state index contributed by atoms with van der Waals surface area (Å²) in [7, 11) is 0. The number of benzene rings is 1. The van der Waals surface area contributed by atoms with E-state index in [0.717, 1.165) is 4.90 Å². The van der Waals surface area contributed by atoms with Crippen molar-refractivity contribution in [2.75, 3.05) is 12.3 Å². The Morgan fingerprint density at radius 3 is 2.37 bits per heavy atom. The lowest BCUT2D eigenvalue weighted by Gasteiger charge is -2.18. The Hall–Kier alpha value is -0.750. The van der Waals surface area contributed by atoms with Gasteiger partial charge in [-0.05, 0) is 37.2 Å². The second kappa shape index (κ2) is 7.75. The molecular weight excluding hydrogens is 278 g/mol. The second-order valence-corrected chi connectivity index (χ2v) is 5.27. The third-order valence-corrected chi connectivity index (χ3v) is 3.71. The van der Waals surface area contributed by atoms with Gasteiger partial charge < -0.3 is 5.32 Å². The molecule has 1 rings (SSSR count). The van der Waals surface area contributed by atoms with Gasteiger partial charge in [-0.1, -0.05) is 6.92 Å². The van der Waals surface area contributed by atoms with Gasteiger partial charge in [0.15, 0.2) is 0 Å². The van der Waals surface area contributed by atoms with Crippen molar-refractivity contribution in [3.8, 4) is 0 Å². The Bertz CT molecular complexity index is 364. The van der Waals surface area contributed by atoms with E-state index in [1.54, 1.807) is 12.1 Å². The van der Waals surface area contributed by atoms with E-state index in [2.05, 4.69) is 5.32 Å². The van der Waals surface area contributed by atoms with E-state index in [4.69, 9.17) is 0 Å². The maximum Gasteiger partial charge on any atom is 0.389 e. The second-order valence-electron chi connectivity index (χ2n) is 4.17. The van der Waals surface area contributed by atoms with Crippen molar-refractivity contribution in [1.82, 2.24) is 5.32 Å². The molecule has 0 spiro atoms. The van der Waals surface area contributed by atoms with Crippen molar-refractivity contribution in [1.29, 1.82) is 0 Å². The molecule has 0 heterocycles. The van der Waals surface area contributed by atoms with Crippen LogP contribution in [0.3, 0.4) is 0 Å². The molecule has 0 aromatic heterocycles. The first-order chi connectivity index (χ1) is 8.90. The van der Waals surface area contributed by atoms with Gasteiger partial charge in [0, 0.05) is 23.1 Å². The molecular formula is C13H17F4NS. The zero-order valence-corrected chi connectivity index (χ0v) is 11.5. The predicted octanol–water partition coefficient (Wildman–Crippen LogP) is 4.24. The van der Waals surface area contributed by atoms with E-state index in [0.29, 0.717) is 12.3 Å². The molecule has 6 heteroatoms. The summed E-state index contributed by atoms with van der Waals surface area (Å²) in [4.78, 5) is 0.858. The van der Waals surface area contributed by atoms with Gasteiger partial charge in [0.25, 0.3) is 0 Å². The minimum Gasteiger partial charge on any atom is -0.313 e. The summed E-state index contributed by atoms with van der Waals surface area (Å²) >= 11 is 1.43. The van der Waals surface area contributed by atoms with Gasteiger partial charge in [-0.3, -0.25) is 0 Å². The Balaban J connectivity index is 2.42. The molecule has 1 unspecified atom stereocenters. The van der Waals surface area contributed by atoms with E-state index >= 15 is 0 Å². The smallest absolute Gasteiger partial charge is 0.313 e. The molecule has 0 saturated carbocycles. The normalized spacial score (nSPS) is 13.5. The fourth-order valence-electron chi connectivity index (χ4n) is 1.60. The van der Waals surface area contributed by atoms with E-state index in [1.165, 1.54) is 23.9 Å². The highest BCUT2D eigenvalue weighted by molar-refractivity contribution is 7.99. The number of hydrogen-bond acceptors (Lipinski definition) is 2. The van der Waals surface area contributed by atoms with Gasteiger partial charge in [-0.2, -0.15) is 13.2 Å². The average Bonchev–Trinajstić information content (AvgIpc) is 2.34. The summed E-state index contributed by atoms with van der Waals surface area (Å²) in [6.07, 6.45) is -4.84. The third kappa shape index (κ3) is 7.42. The van der Waals surface area contributed by atoms with Crippen LogP contribution in [0.25, 0.3) is 0 Å². The van der Waals surface area contributed by atoms with Crippen molar-refractivity contribution >= 4 is 11.8 Å². The summed E-state index contributed by atoms with van der Waals surface area (Å²) in [5, 5.41) is 3.04. The largest absolute Gasteiger partial charge is 0.389 e. The summed E-state index contributed by atoms with van der Waals surface area (Å²) in [5.74, 6) is 0.222. The number of alkyl halides is 3. The molecule has 1 aromatic carbocycles. The van der Waals surface area contributed by atoms with Crippen LogP contribution in [0.5, 0.6) is 0 Å². The number of hydrogen-bond donors (Lipinski definition) is 1. The third-order valence-electron chi connectivity index (χ3n) is 2.53. The van der Waals surface area contributed by atoms with Crippen LogP contribution in [-0.4, -0.2) is 24.5 Å². The maximum atomic E-state index is 12.7. The topological polar surface area (TPSA) is 12.0 Å². The highest BCUT2D eigenvalue weighted by atomic mass is 32.2. The van der Waals surface area contributed by atoms with Crippen LogP contribution in [0.15, 0.2) is 29.2 Å². The summed E-state index contributed by atoms with van der Waals surface area (Å²) < 4.78 is 49.3. The van der Waals surface area contributed by atoms with Crippen molar-refractivity contribution in [3.63, 3.8) is 0 Å². The molecule has 0 radical (unpaired) electrons. The molecule has 1 N–H and O–H groups in total. The molecule has 0 saturated heterocycles. The molecule has 1 nitrogen and oxygen atoms in total. The molecule has 19 heavy (non-hydrogen) atoms. The average molecular weight is 295 g/mol. The highest BCUT2D eigenvalue weighted by Crippen LogP contribution is 2.25. The SMILES string of the molecule is CCNC(CCC(F)(F)F)CSc1ccc(F)cc1. The zero-order valence-electron chi connectivity index (χ0n) is 10.6. The van der Waals surface area contributed by atoms with Gasteiger partial charge >= 0.3 is 6.18 Å². The number of halogens is 4. The minimum atomic E-state index is -4.12. The van der Waals surface area contributed by atoms with E-state index in [9.17, 15) is 17.6 Å². The Labute approximate surface area is 114 Å². The molecule has 108 valence electrons. The van der Waals surface area contributed by atoms with Crippen LogP contribution in [0.4, 0.5) is 17.6 Å². The summed E-state index contributed by atoms with van der Waals surface area (Å²) in [6, 6.07) is 5.77. The molecule has 0 fully saturated rings. The Kier molecular flexibility index (Phi) is 6.65. The first-order valence-corrected chi connectivity index (χ1v) is 7.08. The molecule has 0 amide bonds. The van der Waals surface area contributed by atoms with Crippen molar-refractivity contribution in [3.05, 3.63) is 30.1 Å². The van der Waals surface area contributed by atoms with Gasteiger partial charge in [-0.25, -0.2) is 4.39 Å². The Morgan fingerprint density at radius 2 is 1.84 bits per heavy atom. The summed E-state index contributed by atoms with van der Waals surface area (Å²) in [5.41, 5.74) is 0. The quantitative estimate of drug-likeness (QED) is 0.596. The standard InChI is InChI=1S/C13H17F4NS/c1-2-18-11(7-8-13(15,16)17)9-19-12-5-3-10(14)4-6-12/h3-6,11,18H,2,7-9H2,1H3. The van der Waals surface area contributed by atoms with E-state index < -0.39 is 12.6 Å². The summed E-state index contributed by atoms with van der Waals surface area (Å²) in [6.45, 7) is 2.50. The molecule has 0 aliphatic rings. The van der Waals surface area contributed by atoms with Crippen LogP contribution in [-0.2, 0) is 0 Å². The van der Waals surface area contributed by atoms with Crippen LogP contribution >= 0.6 is 11.8 Å². The molecule has 0 bridgehead atoms. The lowest BCUT2D eigenvalue weighted by molar-refractivity contribution is -0.136. The van der Waals surface area contributed by atoms with Crippen LogP contribution < -0.4 is 5.32 Å². The van der Waals surface area contributed by atoms with Gasteiger partial charge in [0.05, 0.1) is 0 Å². The minimum absolute atomic E-state index is 0.0610. The maximum absolute atomic E-state index is 12.7. The molecule has 1 atom stereocenters. The number of thioether (sulfide) groups is 1. The first kappa shape index (κ1) is 16.3. The monoisotopic (exact) mass is 295 g/mol. The first-order valence-electron chi connectivity index (χ1n) is 6.09. The van der Waals surface area contributed by atoms with Crippen molar-refractivity contribution < 1.29 is 17.6 Å². The number of rotatable bonds is 7. The van der Waals surface area contributed by atoms with Crippen LogP contribution in [0.2, 0.25) is 0 Å². The van der Waals surface area contributed by atoms with Crippen molar-refractivity contribution in [2.45, 2.75) is 36.9 Å². The van der Waals surface area contributed by atoms with Crippen LogP contribution in [0.1, 0.15) is 19.8 Å². The van der Waals surface area contributed by atoms with Crippen LogP contribution in [0, 0.1) is 5.82 Å². The van der Waals surface area contributed by atoms with Gasteiger partial charge in [0.1, 0.15) is 5.82 Å². The fraction of sp³-hybridized carbons (Fsp3) is 0.538. The Morgan fingerprint density at radius 1 is 1.21 bits per heavy atom. The lowest BCUT2D eigenvalue weighted by Crippen LogP contribution is -2.32. The number of nitrogens with one attached hydrogen (secondary N) is 1. The molecule has 0 aliphatic carbocycles. The van der Waals surface area contributed by atoms with E-state index in [1.807, 2.05) is 6.92 Å². The zero-order chi connectivity index (χ0) is 14.3. The fourth-order valence-corrected chi connectivity index (χ4v) is 2.61. The van der Waals surface area contributed by atoms with Crippen molar-refractivity contribution in [2.24, 2.45) is 0 Å². The lowest BCUT2D eigenvalue weighted by atomic mass is 10.2. The van der Waals surface area contributed by atoms with Gasteiger partial charge in [0.2, 0.25) is 0 Å². The highest BCUT2D eigenvalue weighted by Gasteiger charge is 2.28. The molecule has 1 aromatic rings. The predicted molar refractivity (Wildman–Crippen MR) is 69.9 cm³/mol. The molecule has 0 aliphatic heterocycles. The van der Waals surface area contributed by atoms with Gasteiger partial charge in [-0.15, -0.1) is 11.8 Å².